The Morgan fingerprint density at radius 2 is 0.736 bits per heavy atom. The lowest BCUT2D eigenvalue weighted by Crippen LogP contribution is -2.15. The van der Waals surface area contributed by atoms with Crippen molar-refractivity contribution in [2.24, 2.45) is 0 Å². The predicted octanol–water partition coefficient (Wildman–Crippen LogP) is 14.8. The van der Waals surface area contributed by atoms with Crippen LogP contribution in [0.1, 0.15) is 25.0 Å². The minimum Gasteiger partial charge on any atom is -0.0616 e. The summed E-state index contributed by atoms with van der Waals surface area (Å²) in [5.41, 5.74) is 13.0. The molecule has 0 nitrogen and oxygen atoms in total. The van der Waals surface area contributed by atoms with Crippen molar-refractivity contribution in [3.8, 4) is 44.5 Å². The first-order chi connectivity index (χ1) is 26.1. The summed E-state index contributed by atoms with van der Waals surface area (Å²) < 4.78 is 0. The Morgan fingerprint density at radius 3 is 1.36 bits per heavy atom. The molecule has 0 spiro atoms. The first-order valence-electron chi connectivity index (χ1n) is 18.7. The van der Waals surface area contributed by atoms with E-state index >= 15 is 0 Å². The molecule has 0 saturated carbocycles. The summed E-state index contributed by atoms with van der Waals surface area (Å²) >= 11 is 0. The molecule has 0 saturated heterocycles. The molecule has 10 aromatic rings. The predicted molar refractivity (Wildman–Crippen MR) is 228 cm³/mol. The lowest BCUT2D eigenvalue weighted by atomic mass is 9.78. The van der Waals surface area contributed by atoms with Gasteiger partial charge < -0.3 is 0 Å². The molecule has 53 heavy (non-hydrogen) atoms. The van der Waals surface area contributed by atoms with E-state index in [9.17, 15) is 0 Å². The fourth-order valence-electron chi connectivity index (χ4n) is 9.59. The molecule has 0 heterocycles. The van der Waals surface area contributed by atoms with Gasteiger partial charge in [0, 0.05) is 5.41 Å². The molecule has 0 atom stereocenters. The zero-order valence-electron chi connectivity index (χ0n) is 29.8. The van der Waals surface area contributed by atoms with Crippen LogP contribution in [0, 0.1) is 0 Å². The second kappa shape index (κ2) is 11.2. The highest BCUT2D eigenvalue weighted by Gasteiger charge is 2.38. The SMILES string of the molecule is CC1(C)c2cc(-c3ccc(-c4c5ccccc5c(-c5ccc6ccccc6c5)c5ccccc45)cc3)ccc2-c2c1c1ccccc1c1ccccc21. The number of fused-ring (bicyclic) bond motifs is 11. The van der Waals surface area contributed by atoms with Crippen LogP contribution in [0.2, 0.25) is 0 Å². The fourth-order valence-corrected chi connectivity index (χ4v) is 9.59. The van der Waals surface area contributed by atoms with Crippen LogP contribution < -0.4 is 0 Å². The molecular formula is C53H36. The van der Waals surface area contributed by atoms with Crippen molar-refractivity contribution in [2.75, 3.05) is 0 Å². The van der Waals surface area contributed by atoms with E-state index in [-0.39, 0.29) is 5.41 Å². The smallest absolute Gasteiger partial charge is 0.0165 e. The molecule has 0 bridgehead atoms. The molecule has 0 aliphatic heterocycles. The molecule has 0 unspecified atom stereocenters. The molecule has 0 aromatic heterocycles. The second-order valence-electron chi connectivity index (χ2n) is 15.2. The van der Waals surface area contributed by atoms with Crippen LogP contribution in [-0.4, -0.2) is 0 Å². The van der Waals surface area contributed by atoms with Crippen LogP contribution in [0.4, 0.5) is 0 Å². The summed E-state index contributed by atoms with van der Waals surface area (Å²) in [5.74, 6) is 0. The van der Waals surface area contributed by atoms with Crippen molar-refractivity contribution in [3.05, 3.63) is 193 Å². The Labute approximate surface area is 309 Å². The second-order valence-corrected chi connectivity index (χ2v) is 15.2. The average Bonchev–Trinajstić information content (AvgIpc) is 3.46. The maximum Gasteiger partial charge on any atom is 0.0165 e. The van der Waals surface area contributed by atoms with Crippen molar-refractivity contribution in [1.29, 1.82) is 0 Å². The molecule has 0 radical (unpaired) electrons. The summed E-state index contributed by atoms with van der Waals surface area (Å²) in [5, 5.41) is 13.0. The lowest BCUT2D eigenvalue weighted by Gasteiger charge is -2.24. The number of benzene rings is 10. The topological polar surface area (TPSA) is 0 Å². The fraction of sp³-hybridized carbons (Fsp3) is 0.0566. The third kappa shape index (κ3) is 4.36. The van der Waals surface area contributed by atoms with Gasteiger partial charge in [-0.2, -0.15) is 0 Å². The zero-order valence-corrected chi connectivity index (χ0v) is 29.8. The van der Waals surface area contributed by atoms with Crippen LogP contribution in [0.3, 0.4) is 0 Å². The van der Waals surface area contributed by atoms with Gasteiger partial charge in [0.1, 0.15) is 0 Å². The average molecular weight is 673 g/mol. The van der Waals surface area contributed by atoms with Crippen molar-refractivity contribution >= 4 is 53.9 Å². The Kier molecular flexibility index (Phi) is 6.40. The van der Waals surface area contributed by atoms with Gasteiger partial charge >= 0.3 is 0 Å². The van der Waals surface area contributed by atoms with E-state index in [4.69, 9.17) is 0 Å². The molecule has 1 aliphatic rings. The Hall–Kier alpha value is -6.50. The highest BCUT2D eigenvalue weighted by molar-refractivity contribution is 6.22. The molecule has 11 rings (SSSR count). The summed E-state index contributed by atoms with van der Waals surface area (Å²) in [6.45, 7) is 4.81. The zero-order chi connectivity index (χ0) is 35.3. The maximum atomic E-state index is 2.46. The van der Waals surface area contributed by atoms with E-state index in [1.54, 1.807) is 0 Å². The highest BCUT2D eigenvalue weighted by atomic mass is 14.4. The van der Waals surface area contributed by atoms with E-state index in [1.807, 2.05) is 0 Å². The monoisotopic (exact) mass is 672 g/mol. The third-order valence-electron chi connectivity index (χ3n) is 12.0. The standard InChI is InChI=1S/C53H36/c1-53(2)48-32-37(29-30-47(48)51-41-17-7-5-15-39(41)40-16-6-12-22-46(40)52(51)53)34-23-26-35(27-24-34)49-42-18-8-10-20-44(42)50(45-21-11-9-19-43(45)49)38-28-25-33-13-3-4-14-36(33)31-38/h3-32H,1-2H3. The Morgan fingerprint density at radius 1 is 0.302 bits per heavy atom. The molecule has 0 N–H and O–H groups in total. The summed E-state index contributed by atoms with van der Waals surface area (Å²) in [6, 6.07) is 67.7. The Balaban J connectivity index is 1.05. The number of hydrogen-bond acceptors (Lipinski definition) is 0. The van der Waals surface area contributed by atoms with E-state index < -0.39 is 0 Å². The number of rotatable bonds is 3. The summed E-state index contributed by atoms with van der Waals surface area (Å²) in [7, 11) is 0. The first-order valence-corrected chi connectivity index (χ1v) is 18.7. The van der Waals surface area contributed by atoms with Crippen molar-refractivity contribution in [2.45, 2.75) is 19.3 Å². The van der Waals surface area contributed by atoms with E-state index in [2.05, 4.69) is 196 Å². The van der Waals surface area contributed by atoms with Gasteiger partial charge in [-0.25, -0.2) is 0 Å². The van der Waals surface area contributed by atoms with E-state index in [0.717, 1.165) is 0 Å². The largest absolute Gasteiger partial charge is 0.0616 e. The van der Waals surface area contributed by atoms with Gasteiger partial charge in [-0.15, -0.1) is 0 Å². The van der Waals surface area contributed by atoms with Gasteiger partial charge in [-0.1, -0.05) is 184 Å². The van der Waals surface area contributed by atoms with Crippen molar-refractivity contribution < 1.29 is 0 Å². The van der Waals surface area contributed by atoms with Crippen LogP contribution in [0.25, 0.3) is 98.4 Å². The van der Waals surface area contributed by atoms with Gasteiger partial charge in [0.05, 0.1) is 0 Å². The lowest BCUT2D eigenvalue weighted by molar-refractivity contribution is 0.667. The van der Waals surface area contributed by atoms with Crippen LogP contribution in [0.5, 0.6) is 0 Å². The molecule has 0 heteroatoms. The van der Waals surface area contributed by atoms with E-state index in [0.29, 0.717) is 0 Å². The Bertz CT molecular complexity index is 3060. The van der Waals surface area contributed by atoms with Gasteiger partial charge in [0.2, 0.25) is 0 Å². The molecule has 248 valence electrons. The van der Waals surface area contributed by atoms with Crippen molar-refractivity contribution in [3.63, 3.8) is 0 Å². The molecule has 0 fully saturated rings. The quantitative estimate of drug-likeness (QED) is 0.129. The molecule has 10 aromatic carbocycles. The highest BCUT2D eigenvalue weighted by Crippen LogP contribution is 2.55. The van der Waals surface area contributed by atoms with Gasteiger partial charge in [0.25, 0.3) is 0 Å². The van der Waals surface area contributed by atoms with E-state index in [1.165, 1.54) is 109 Å². The van der Waals surface area contributed by atoms with Crippen molar-refractivity contribution in [1.82, 2.24) is 0 Å². The minimum atomic E-state index is -0.130. The van der Waals surface area contributed by atoms with Gasteiger partial charge in [-0.05, 0) is 122 Å². The minimum absolute atomic E-state index is 0.130. The molecular weight excluding hydrogens is 637 g/mol. The van der Waals surface area contributed by atoms with Crippen LogP contribution in [0.15, 0.2) is 182 Å². The number of hydrogen-bond donors (Lipinski definition) is 0. The van der Waals surface area contributed by atoms with Crippen LogP contribution in [-0.2, 0) is 5.41 Å². The third-order valence-corrected chi connectivity index (χ3v) is 12.0. The summed E-state index contributed by atoms with van der Waals surface area (Å²) in [4.78, 5) is 0. The maximum absolute atomic E-state index is 2.46. The van der Waals surface area contributed by atoms with Gasteiger partial charge in [-0.3, -0.25) is 0 Å². The van der Waals surface area contributed by atoms with Crippen LogP contribution >= 0.6 is 0 Å². The molecule has 1 aliphatic carbocycles. The first kappa shape index (κ1) is 30.2. The summed E-state index contributed by atoms with van der Waals surface area (Å²) in [6.07, 6.45) is 0. The normalized spacial score (nSPS) is 13.2. The molecule has 0 amide bonds. The van der Waals surface area contributed by atoms with Gasteiger partial charge in [0.15, 0.2) is 0 Å².